The van der Waals surface area contributed by atoms with Crippen molar-refractivity contribution in [1.29, 1.82) is 0 Å². The van der Waals surface area contributed by atoms with Gasteiger partial charge in [0, 0.05) is 53.8 Å². The van der Waals surface area contributed by atoms with Crippen LogP contribution < -0.4 is 14.5 Å². The number of carboxylic acid groups (broad SMARTS) is 1. The van der Waals surface area contributed by atoms with E-state index in [1.165, 1.54) is 4.90 Å². The van der Waals surface area contributed by atoms with Crippen LogP contribution in [0.4, 0.5) is 15.8 Å². The first-order chi connectivity index (χ1) is 20.2. The van der Waals surface area contributed by atoms with Crippen molar-refractivity contribution in [2.75, 3.05) is 62.2 Å². The van der Waals surface area contributed by atoms with E-state index in [0.717, 1.165) is 24.8 Å². The summed E-state index contributed by atoms with van der Waals surface area (Å²) in [5.41, 5.74) is 2.76. The minimum Gasteiger partial charge on any atom is -0.478 e. The van der Waals surface area contributed by atoms with Gasteiger partial charge in [-0.2, -0.15) is 11.8 Å². The molecule has 8 nitrogen and oxygen atoms in total. The van der Waals surface area contributed by atoms with Gasteiger partial charge >= 0.3 is 5.97 Å². The Morgan fingerprint density at radius 1 is 1.02 bits per heavy atom. The fraction of sp³-hybridized carbons (Fsp3) is 0.333. The predicted molar refractivity (Wildman–Crippen MR) is 163 cm³/mol. The lowest BCUT2D eigenvalue weighted by atomic mass is 9.97. The predicted octanol–water partition coefficient (Wildman–Crippen LogP) is 5.88. The first-order valence-electron chi connectivity index (χ1n) is 13.5. The maximum absolute atomic E-state index is 15.4. The Kier molecular flexibility index (Phi) is 8.15. The van der Waals surface area contributed by atoms with Gasteiger partial charge in [0.05, 0.1) is 46.6 Å². The molecule has 3 aliphatic rings. The van der Waals surface area contributed by atoms with Gasteiger partial charge in [0.25, 0.3) is 5.91 Å². The normalized spacial score (nSPS) is 17.0. The molecule has 2 saturated heterocycles. The Bertz CT molecular complexity index is 1540. The molecule has 0 aromatic heterocycles. The average molecular weight is 633 g/mol. The zero-order valence-electron chi connectivity index (χ0n) is 22.7. The number of nitrogens with zero attached hydrogens (tertiary/aromatic N) is 3. The van der Waals surface area contributed by atoms with E-state index in [9.17, 15) is 14.7 Å². The van der Waals surface area contributed by atoms with E-state index in [1.54, 1.807) is 30.3 Å². The van der Waals surface area contributed by atoms with Gasteiger partial charge in [0.2, 0.25) is 0 Å². The van der Waals surface area contributed by atoms with Crippen LogP contribution in [0.3, 0.4) is 0 Å². The van der Waals surface area contributed by atoms with E-state index in [-0.39, 0.29) is 45.9 Å². The highest BCUT2D eigenvalue weighted by atomic mass is 35.5. The number of ether oxygens (including phenoxy) is 2. The summed E-state index contributed by atoms with van der Waals surface area (Å²) in [6.45, 7) is 3.79. The van der Waals surface area contributed by atoms with Crippen molar-refractivity contribution in [2.45, 2.75) is 11.8 Å². The molecule has 1 amide bonds. The molecule has 0 radical (unpaired) electrons. The summed E-state index contributed by atoms with van der Waals surface area (Å²) in [5, 5.41) is 10.9. The molecule has 0 atom stereocenters. The minimum atomic E-state index is -1.21. The van der Waals surface area contributed by atoms with Crippen LogP contribution in [-0.2, 0) is 11.3 Å². The summed E-state index contributed by atoms with van der Waals surface area (Å²) in [6, 6.07) is 11.4. The lowest BCUT2D eigenvalue weighted by Crippen LogP contribution is -2.49. The van der Waals surface area contributed by atoms with Gasteiger partial charge in [-0.25, -0.2) is 9.18 Å². The fourth-order valence-electron chi connectivity index (χ4n) is 5.52. The second-order valence-corrected chi connectivity index (χ2v) is 12.3. The third kappa shape index (κ3) is 5.37. The quantitative estimate of drug-likeness (QED) is 0.361. The van der Waals surface area contributed by atoms with Crippen molar-refractivity contribution in [3.63, 3.8) is 0 Å². The Labute approximate surface area is 256 Å². The standard InChI is InChI=1S/C30H28Cl2FN3O5S/c1-42-19-14-35(15-19)18-9-23(31)27(24(32)10-18)29(37)36-13-17-3-2-4-20(28(17)41-16-36)21-12-26(34-5-7-40-8-6-34)22(30(38)39)11-25(21)33/h2-4,9-12,19H,5-8,13-16H2,1H3,(H,38,39). The number of carboxylic acids is 1. The van der Waals surface area contributed by atoms with Crippen LogP contribution in [0.5, 0.6) is 5.75 Å². The lowest BCUT2D eigenvalue weighted by Gasteiger charge is -2.40. The van der Waals surface area contributed by atoms with Crippen molar-refractivity contribution in [3.8, 4) is 16.9 Å². The van der Waals surface area contributed by atoms with E-state index < -0.39 is 11.8 Å². The van der Waals surface area contributed by atoms with Gasteiger partial charge in [0.15, 0.2) is 6.73 Å². The molecule has 6 rings (SSSR count). The maximum Gasteiger partial charge on any atom is 0.337 e. The molecule has 1 N–H and O–H groups in total. The SMILES string of the molecule is CSC1CN(c2cc(Cl)c(C(=O)N3COc4c(cccc4-c4cc(N5CCOCC5)c(C(=O)O)cc4F)C3)c(Cl)c2)C1. The zero-order chi connectivity index (χ0) is 29.5. The first kappa shape index (κ1) is 28.9. The number of amides is 1. The molecule has 0 saturated carbocycles. The molecule has 0 spiro atoms. The molecule has 0 aliphatic carbocycles. The van der Waals surface area contributed by atoms with Crippen molar-refractivity contribution in [3.05, 3.63) is 75.0 Å². The molecule has 0 bridgehead atoms. The van der Waals surface area contributed by atoms with Crippen molar-refractivity contribution < 1.29 is 28.6 Å². The number of fused-ring (bicyclic) bond motifs is 1. The molecule has 3 heterocycles. The molecule has 42 heavy (non-hydrogen) atoms. The van der Waals surface area contributed by atoms with Crippen molar-refractivity contribution in [2.24, 2.45) is 0 Å². The molecule has 2 fully saturated rings. The molecule has 12 heteroatoms. The van der Waals surface area contributed by atoms with Gasteiger partial charge in [-0.05, 0) is 30.5 Å². The van der Waals surface area contributed by atoms with Crippen LogP contribution in [0.25, 0.3) is 11.1 Å². The topological polar surface area (TPSA) is 82.5 Å². The number of para-hydroxylation sites is 1. The van der Waals surface area contributed by atoms with Crippen LogP contribution in [0.1, 0.15) is 26.3 Å². The highest BCUT2D eigenvalue weighted by molar-refractivity contribution is 7.99. The molecule has 3 aromatic rings. The van der Waals surface area contributed by atoms with Gasteiger partial charge < -0.3 is 29.3 Å². The third-order valence-electron chi connectivity index (χ3n) is 7.85. The maximum atomic E-state index is 15.4. The number of aromatic carboxylic acids is 1. The molecular weight excluding hydrogens is 604 g/mol. The largest absolute Gasteiger partial charge is 0.478 e. The second kappa shape index (κ2) is 11.8. The van der Waals surface area contributed by atoms with Crippen LogP contribution in [0.15, 0.2) is 42.5 Å². The van der Waals surface area contributed by atoms with E-state index in [4.69, 9.17) is 32.7 Å². The molecular formula is C30H28Cl2FN3O5S. The Hall–Kier alpha value is -3.18. The number of hydrogen-bond donors (Lipinski definition) is 1. The number of benzene rings is 3. The van der Waals surface area contributed by atoms with Crippen molar-refractivity contribution in [1.82, 2.24) is 4.90 Å². The number of hydrogen-bond acceptors (Lipinski definition) is 7. The summed E-state index contributed by atoms with van der Waals surface area (Å²) in [7, 11) is 0. The summed E-state index contributed by atoms with van der Waals surface area (Å²) >= 11 is 15.0. The number of carbonyl (C=O) groups excluding carboxylic acids is 1. The van der Waals surface area contributed by atoms with E-state index in [0.29, 0.717) is 54.1 Å². The van der Waals surface area contributed by atoms with Gasteiger partial charge in [-0.3, -0.25) is 4.79 Å². The Morgan fingerprint density at radius 3 is 2.40 bits per heavy atom. The number of morpholine rings is 1. The van der Waals surface area contributed by atoms with Crippen LogP contribution in [-0.4, -0.2) is 79.5 Å². The van der Waals surface area contributed by atoms with Crippen molar-refractivity contribution >= 4 is 58.2 Å². The summed E-state index contributed by atoms with van der Waals surface area (Å²) in [6.07, 6.45) is 2.08. The number of carbonyl (C=O) groups is 2. The minimum absolute atomic E-state index is 0.0933. The molecule has 3 aliphatic heterocycles. The number of anilines is 2. The van der Waals surface area contributed by atoms with Gasteiger partial charge in [-0.15, -0.1) is 0 Å². The average Bonchev–Trinajstić information content (AvgIpc) is 2.96. The molecule has 3 aromatic carbocycles. The Morgan fingerprint density at radius 2 is 1.74 bits per heavy atom. The van der Waals surface area contributed by atoms with Gasteiger partial charge in [0.1, 0.15) is 11.6 Å². The van der Waals surface area contributed by atoms with Crippen LogP contribution in [0, 0.1) is 5.82 Å². The molecule has 220 valence electrons. The van der Waals surface area contributed by atoms with Gasteiger partial charge in [-0.1, -0.05) is 41.4 Å². The summed E-state index contributed by atoms with van der Waals surface area (Å²) in [5.74, 6) is -1.82. The van der Waals surface area contributed by atoms with E-state index >= 15 is 4.39 Å². The van der Waals surface area contributed by atoms with E-state index in [2.05, 4.69) is 11.2 Å². The monoisotopic (exact) mass is 631 g/mol. The number of rotatable bonds is 6. The fourth-order valence-corrected chi connectivity index (χ4v) is 6.82. The number of halogens is 3. The highest BCUT2D eigenvalue weighted by Gasteiger charge is 2.31. The third-order valence-corrected chi connectivity index (χ3v) is 9.42. The zero-order valence-corrected chi connectivity index (χ0v) is 25.1. The second-order valence-electron chi connectivity index (χ2n) is 10.4. The van der Waals surface area contributed by atoms with E-state index in [1.807, 2.05) is 22.7 Å². The summed E-state index contributed by atoms with van der Waals surface area (Å²) in [4.78, 5) is 31.1. The highest BCUT2D eigenvalue weighted by Crippen LogP contribution is 2.41. The smallest absolute Gasteiger partial charge is 0.337 e. The summed E-state index contributed by atoms with van der Waals surface area (Å²) < 4.78 is 26.9. The Balaban J connectivity index is 1.28. The van der Waals surface area contributed by atoms with Crippen LogP contribution >= 0.6 is 35.0 Å². The first-order valence-corrected chi connectivity index (χ1v) is 15.5. The van der Waals surface area contributed by atoms with Crippen LogP contribution in [0.2, 0.25) is 10.0 Å². The molecule has 0 unspecified atom stereocenters. The lowest BCUT2D eigenvalue weighted by molar-refractivity contribution is 0.0516. The number of thioether (sulfide) groups is 1.